The van der Waals surface area contributed by atoms with Crippen LogP contribution in [0.15, 0.2) is 12.7 Å². The van der Waals surface area contributed by atoms with E-state index in [-0.39, 0.29) is 0 Å². The monoisotopic (exact) mass is 201 g/mol. The minimum Gasteiger partial charge on any atom is -0.430 e. The Morgan fingerprint density at radius 1 is 1.50 bits per heavy atom. The third kappa shape index (κ3) is 6.62. The van der Waals surface area contributed by atoms with Gasteiger partial charge in [0.2, 0.25) is 5.79 Å². The van der Waals surface area contributed by atoms with Crippen molar-refractivity contribution < 1.29 is 19.0 Å². The van der Waals surface area contributed by atoms with E-state index in [4.69, 9.17) is 14.2 Å². The molecule has 1 unspecified atom stereocenters. The van der Waals surface area contributed by atoms with E-state index in [0.29, 0.717) is 19.8 Å². The zero-order chi connectivity index (χ0) is 11.0. The molecule has 1 radical (unpaired) electrons. The number of hydrogen-bond donors (Lipinski definition) is 0. The van der Waals surface area contributed by atoms with Crippen molar-refractivity contribution in [2.45, 2.75) is 19.6 Å². The van der Waals surface area contributed by atoms with Gasteiger partial charge in [-0.15, -0.1) is 0 Å². The molecule has 0 aliphatic rings. The van der Waals surface area contributed by atoms with Crippen molar-refractivity contribution in [3.63, 3.8) is 0 Å². The smallest absolute Gasteiger partial charge is 0.332 e. The molecule has 14 heavy (non-hydrogen) atoms. The van der Waals surface area contributed by atoms with E-state index in [1.54, 1.807) is 6.92 Å². The molecule has 0 saturated carbocycles. The van der Waals surface area contributed by atoms with Crippen LogP contribution in [0.3, 0.4) is 0 Å². The van der Waals surface area contributed by atoms with Gasteiger partial charge in [-0.05, 0) is 6.92 Å². The van der Waals surface area contributed by atoms with Crippen LogP contribution in [0.25, 0.3) is 0 Å². The van der Waals surface area contributed by atoms with Gasteiger partial charge >= 0.3 is 5.97 Å². The Morgan fingerprint density at radius 2 is 2.14 bits per heavy atom. The lowest BCUT2D eigenvalue weighted by Gasteiger charge is -2.24. The molecule has 0 fully saturated rings. The maximum Gasteiger partial charge on any atom is 0.332 e. The Hall–Kier alpha value is -0.870. The highest BCUT2D eigenvalue weighted by Crippen LogP contribution is 2.10. The summed E-state index contributed by atoms with van der Waals surface area (Å²) < 4.78 is 15.0. The number of ether oxygens (including phenoxy) is 3. The Bertz CT molecular complexity index is 187. The van der Waals surface area contributed by atoms with Crippen LogP contribution in [-0.2, 0) is 19.0 Å². The van der Waals surface area contributed by atoms with Gasteiger partial charge in [0.05, 0.1) is 13.2 Å². The van der Waals surface area contributed by atoms with Crippen molar-refractivity contribution in [3.8, 4) is 0 Å². The van der Waals surface area contributed by atoms with Gasteiger partial charge in [0.15, 0.2) is 0 Å². The Morgan fingerprint density at radius 3 is 2.64 bits per heavy atom. The number of carbonyl (C=O) groups is 1. The molecular weight excluding hydrogens is 184 g/mol. The zero-order valence-corrected chi connectivity index (χ0v) is 8.75. The van der Waals surface area contributed by atoms with Crippen LogP contribution < -0.4 is 0 Å². The van der Waals surface area contributed by atoms with Gasteiger partial charge in [-0.3, -0.25) is 0 Å². The first-order valence-electron chi connectivity index (χ1n) is 4.44. The number of carbonyl (C=O) groups excluding carboxylic acids is 1. The third-order valence-corrected chi connectivity index (χ3v) is 1.32. The molecule has 0 N–H and O–H groups in total. The Labute approximate surface area is 84.8 Å². The number of esters is 1. The number of rotatable bonds is 7. The van der Waals surface area contributed by atoms with Gasteiger partial charge in [-0.2, -0.15) is 0 Å². The summed E-state index contributed by atoms with van der Waals surface area (Å²) in [7, 11) is 0. The highest BCUT2D eigenvalue weighted by molar-refractivity contribution is 5.81. The predicted molar refractivity (Wildman–Crippen MR) is 52.5 cm³/mol. The fourth-order valence-corrected chi connectivity index (χ4v) is 0.745. The summed E-state index contributed by atoms with van der Waals surface area (Å²) in [6.07, 6.45) is 1.06. The standard InChI is InChI=1S/C10H17O4/c1-5-9(11)14-10(3,4)13-8-7-12-6-2/h5H,1,3,6-8H2,2,4H3. The molecule has 1 atom stereocenters. The molecule has 0 aliphatic carbocycles. The van der Waals surface area contributed by atoms with Crippen LogP contribution in [-0.4, -0.2) is 31.6 Å². The lowest BCUT2D eigenvalue weighted by Crippen LogP contribution is -2.32. The van der Waals surface area contributed by atoms with Crippen LogP contribution in [0.1, 0.15) is 13.8 Å². The molecular formula is C10H17O4. The lowest BCUT2D eigenvalue weighted by molar-refractivity contribution is -0.202. The van der Waals surface area contributed by atoms with Crippen LogP contribution >= 0.6 is 0 Å². The van der Waals surface area contributed by atoms with Gasteiger partial charge in [0, 0.05) is 26.5 Å². The summed E-state index contributed by atoms with van der Waals surface area (Å²) in [5.74, 6) is -1.73. The summed E-state index contributed by atoms with van der Waals surface area (Å²) in [4.78, 5) is 10.8. The average Bonchev–Trinajstić information content (AvgIpc) is 2.12. The van der Waals surface area contributed by atoms with Gasteiger partial charge in [-0.25, -0.2) is 4.79 Å². The lowest BCUT2D eigenvalue weighted by atomic mass is 10.4. The van der Waals surface area contributed by atoms with E-state index in [1.807, 2.05) is 6.92 Å². The molecule has 0 aromatic heterocycles. The molecule has 0 heterocycles. The van der Waals surface area contributed by atoms with E-state index >= 15 is 0 Å². The van der Waals surface area contributed by atoms with E-state index in [1.165, 1.54) is 0 Å². The SMILES string of the molecule is [CH2]C(C)(OCCOCC)OC(=O)C=C. The Balaban J connectivity index is 3.71. The summed E-state index contributed by atoms with van der Waals surface area (Å²) in [6.45, 7) is 11.7. The Kier molecular flexibility index (Phi) is 6.16. The molecule has 4 nitrogen and oxygen atoms in total. The summed E-state index contributed by atoms with van der Waals surface area (Å²) in [5, 5.41) is 0. The second kappa shape index (κ2) is 6.56. The van der Waals surface area contributed by atoms with Crippen molar-refractivity contribution in [1.29, 1.82) is 0 Å². The molecule has 4 heteroatoms. The van der Waals surface area contributed by atoms with Crippen molar-refractivity contribution in [1.82, 2.24) is 0 Å². The summed E-state index contributed by atoms with van der Waals surface area (Å²) in [5.41, 5.74) is 0. The molecule has 81 valence electrons. The third-order valence-electron chi connectivity index (χ3n) is 1.32. The normalized spacial score (nSPS) is 11.1. The molecule has 0 rings (SSSR count). The zero-order valence-electron chi connectivity index (χ0n) is 8.75. The van der Waals surface area contributed by atoms with E-state index < -0.39 is 11.8 Å². The van der Waals surface area contributed by atoms with Crippen LogP contribution in [0, 0.1) is 6.92 Å². The maximum atomic E-state index is 10.8. The summed E-state index contributed by atoms with van der Waals surface area (Å²) >= 11 is 0. The van der Waals surface area contributed by atoms with E-state index in [0.717, 1.165) is 6.08 Å². The van der Waals surface area contributed by atoms with Crippen molar-refractivity contribution >= 4 is 5.97 Å². The van der Waals surface area contributed by atoms with E-state index in [9.17, 15) is 4.79 Å². The van der Waals surface area contributed by atoms with E-state index in [2.05, 4.69) is 13.5 Å². The van der Waals surface area contributed by atoms with Gasteiger partial charge in [0.1, 0.15) is 0 Å². The topological polar surface area (TPSA) is 44.8 Å². The largest absolute Gasteiger partial charge is 0.430 e. The first-order chi connectivity index (χ1) is 6.52. The first kappa shape index (κ1) is 13.1. The van der Waals surface area contributed by atoms with Gasteiger partial charge in [0.25, 0.3) is 0 Å². The first-order valence-corrected chi connectivity index (χ1v) is 4.44. The fourth-order valence-electron chi connectivity index (χ4n) is 0.745. The molecule has 0 spiro atoms. The number of hydrogen-bond acceptors (Lipinski definition) is 4. The maximum absolute atomic E-state index is 10.8. The highest BCUT2D eigenvalue weighted by Gasteiger charge is 2.22. The molecule has 0 aliphatic heterocycles. The second-order valence-corrected chi connectivity index (χ2v) is 2.80. The van der Waals surface area contributed by atoms with Crippen molar-refractivity contribution in [2.24, 2.45) is 0 Å². The van der Waals surface area contributed by atoms with Gasteiger partial charge < -0.3 is 14.2 Å². The van der Waals surface area contributed by atoms with Crippen LogP contribution in [0.4, 0.5) is 0 Å². The molecule has 0 aromatic carbocycles. The van der Waals surface area contributed by atoms with Crippen LogP contribution in [0.5, 0.6) is 0 Å². The predicted octanol–water partition coefficient (Wildman–Crippen LogP) is 1.32. The molecule has 0 aromatic rings. The second-order valence-electron chi connectivity index (χ2n) is 2.80. The molecule has 0 bridgehead atoms. The molecule has 0 amide bonds. The van der Waals surface area contributed by atoms with Crippen LogP contribution in [0.2, 0.25) is 0 Å². The van der Waals surface area contributed by atoms with Gasteiger partial charge in [-0.1, -0.05) is 6.58 Å². The average molecular weight is 201 g/mol. The van der Waals surface area contributed by atoms with Crippen molar-refractivity contribution in [3.05, 3.63) is 19.6 Å². The fraction of sp³-hybridized carbons (Fsp3) is 0.600. The minimum absolute atomic E-state index is 0.332. The quantitative estimate of drug-likeness (QED) is 0.270. The summed E-state index contributed by atoms with van der Waals surface area (Å²) in [6, 6.07) is 0. The van der Waals surface area contributed by atoms with Crippen molar-refractivity contribution in [2.75, 3.05) is 19.8 Å². The molecule has 0 saturated heterocycles. The highest BCUT2D eigenvalue weighted by atomic mass is 16.7. The minimum atomic E-state index is -1.18.